The predicted octanol–water partition coefficient (Wildman–Crippen LogP) is 4.31. The molecule has 0 aliphatic carbocycles. The van der Waals surface area contributed by atoms with Gasteiger partial charge in [0.2, 0.25) is 5.91 Å². The first kappa shape index (κ1) is 22.7. The number of nitrogens with zero attached hydrogens (tertiary/aromatic N) is 1. The molecule has 0 bridgehead atoms. The van der Waals surface area contributed by atoms with Gasteiger partial charge in [0.25, 0.3) is 0 Å². The summed E-state index contributed by atoms with van der Waals surface area (Å²) >= 11 is 6.05. The number of halogens is 1. The van der Waals surface area contributed by atoms with Crippen LogP contribution in [-0.2, 0) is 11.3 Å². The van der Waals surface area contributed by atoms with Crippen molar-refractivity contribution in [1.82, 2.24) is 10.2 Å². The quantitative estimate of drug-likeness (QED) is 0.694. The summed E-state index contributed by atoms with van der Waals surface area (Å²) in [5, 5.41) is 6.35. The van der Waals surface area contributed by atoms with E-state index >= 15 is 0 Å². The number of ether oxygens (including phenoxy) is 2. The first-order valence-corrected chi connectivity index (χ1v) is 10.5. The average Bonchev–Trinajstić information content (AvgIpc) is 2.77. The summed E-state index contributed by atoms with van der Waals surface area (Å²) in [5.74, 6) is 1.19. The zero-order chi connectivity index (χ0) is 22.4. The summed E-state index contributed by atoms with van der Waals surface area (Å²) in [6, 6.07) is 12.3. The minimum absolute atomic E-state index is 0.0758. The Morgan fingerprint density at radius 1 is 1.16 bits per heavy atom. The fourth-order valence-corrected chi connectivity index (χ4v) is 3.92. The van der Waals surface area contributed by atoms with Crippen LogP contribution in [0.25, 0.3) is 0 Å². The van der Waals surface area contributed by atoms with Gasteiger partial charge in [-0.1, -0.05) is 23.7 Å². The number of urea groups is 1. The average molecular weight is 446 g/mol. The number of anilines is 1. The predicted molar refractivity (Wildman–Crippen MR) is 121 cm³/mol. The Bertz CT molecular complexity index is 952. The van der Waals surface area contributed by atoms with Gasteiger partial charge in [-0.25, -0.2) is 4.79 Å². The Morgan fingerprint density at radius 3 is 2.71 bits per heavy atom. The third-order valence-corrected chi connectivity index (χ3v) is 5.76. The topological polar surface area (TPSA) is 79.9 Å². The first-order chi connectivity index (χ1) is 14.8. The lowest BCUT2D eigenvalue weighted by Crippen LogP contribution is -2.52. The van der Waals surface area contributed by atoms with E-state index in [0.29, 0.717) is 42.5 Å². The molecule has 166 valence electrons. The number of likely N-dealkylation sites (tertiary alicyclic amines) is 1. The molecule has 1 aliphatic rings. The molecule has 7 nitrogen and oxygen atoms in total. The van der Waals surface area contributed by atoms with Crippen LogP contribution in [0.1, 0.15) is 25.3 Å². The van der Waals surface area contributed by atoms with E-state index in [1.54, 1.807) is 30.2 Å². The van der Waals surface area contributed by atoms with Crippen molar-refractivity contribution in [2.24, 2.45) is 5.41 Å². The Hall–Kier alpha value is -2.93. The summed E-state index contributed by atoms with van der Waals surface area (Å²) in [5.41, 5.74) is 0.775. The Morgan fingerprint density at radius 2 is 1.97 bits per heavy atom. The number of carbonyl (C=O) groups excluding carboxylic acids is 2. The Labute approximate surface area is 187 Å². The van der Waals surface area contributed by atoms with Crippen LogP contribution in [0.3, 0.4) is 0 Å². The maximum absolute atomic E-state index is 13.0. The van der Waals surface area contributed by atoms with E-state index in [1.165, 1.54) is 7.11 Å². The van der Waals surface area contributed by atoms with Crippen LogP contribution < -0.4 is 20.1 Å². The number of amides is 3. The van der Waals surface area contributed by atoms with Crippen LogP contribution >= 0.6 is 11.6 Å². The number of nitrogens with one attached hydrogen (secondary N) is 2. The van der Waals surface area contributed by atoms with Gasteiger partial charge in [0.05, 0.1) is 25.3 Å². The molecule has 1 heterocycles. The first-order valence-electron chi connectivity index (χ1n) is 10.2. The molecule has 2 aromatic carbocycles. The smallest absolute Gasteiger partial charge is 0.321 e. The zero-order valence-corrected chi connectivity index (χ0v) is 18.8. The highest BCUT2D eigenvalue weighted by Gasteiger charge is 2.39. The highest BCUT2D eigenvalue weighted by Crippen LogP contribution is 2.32. The van der Waals surface area contributed by atoms with Crippen LogP contribution in [0.2, 0.25) is 5.02 Å². The normalized spacial score (nSPS) is 18.3. The van der Waals surface area contributed by atoms with Gasteiger partial charge in [0.15, 0.2) is 0 Å². The van der Waals surface area contributed by atoms with Crippen LogP contribution in [0.4, 0.5) is 10.5 Å². The van der Waals surface area contributed by atoms with Crippen molar-refractivity contribution in [2.75, 3.05) is 32.6 Å². The molecule has 2 aromatic rings. The molecule has 3 rings (SSSR count). The summed E-state index contributed by atoms with van der Waals surface area (Å²) in [7, 11) is 3.14. The number of piperidine rings is 1. The number of rotatable bonds is 6. The van der Waals surface area contributed by atoms with E-state index in [2.05, 4.69) is 10.6 Å². The molecule has 1 aliphatic heterocycles. The largest absolute Gasteiger partial charge is 0.497 e. The second-order valence-electron chi connectivity index (χ2n) is 7.89. The van der Waals surface area contributed by atoms with Crippen molar-refractivity contribution in [1.29, 1.82) is 0 Å². The second kappa shape index (κ2) is 9.92. The van der Waals surface area contributed by atoms with Crippen LogP contribution in [0.15, 0.2) is 42.5 Å². The Balaban J connectivity index is 1.63. The molecule has 8 heteroatoms. The number of hydrogen-bond acceptors (Lipinski definition) is 4. The van der Waals surface area contributed by atoms with Crippen molar-refractivity contribution in [3.05, 3.63) is 53.1 Å². The molecule has 0 aromatic heterocycles. The van der Waals surface area contributed by atoms with E-state index in [1.807, 2.05) is 31.2 Å². The monoisotopic (exact) mass is 445 g/mol. The van der Waals surface area contributed by atoms with E-state index < -0.39 is 5.41 Å². The van der Waals surface area contributed by atoms with Gasteiger partial charge in [0, 0.05) is 24.7 Å². The maximum Gasteiger partial charge on any atom is 0.321 e. The highest BCUT2D eigenvalue weighted by atomic mass is 35.5. The molecule has 0 spiro atoms. The lowest BCUT2D eigenvalue weighted by molar-refractivity contribution is -0.132. The molecule has 3 amide bonds. The van der Waals surface area contributed by atoms with Gasteiger partial charge >= 0.3 is 6.03 Å². The van der Waals surface area contributed by atoms with Crippen molar-refractivity contribution in [2.45, 2.75) is 26.3 Å². The third-order valence-electron chi connectivity index (χ3n) is 5.52. The lowest BCUT2D eigenvalue weighted by atomic mass is 9.81. The molecule has 0 radical (unpaired) electrons. The molecule has 31 heavy (non-hydrogen) atoms. The maximum atomic E-state index is 13.0. The highest BCUT2D eigenvalue weighted by molar-refractivity contribution is 6.31. The number of methoxy groups -OCH3 is 2. The number of carbonyl (C=O) groups is 2. The van der Waals surface area contributed by atoms with E-state index in [4.69, 9.17) is 21.1 Å². The lowest BCUT2D eigenvalue weighted by Gasteiger charge is -2.39. The standard InChI is InChI=1S/C23H28ClN3O4/c1-23(21(28)25-14-16-6-4-7-18(12-16)30-2)10-5-11-27(15-23)22(29)26-19-13-17(24)8-9-20(19)31-3/h4,6-9,12-13H,5,10-11,14-15H2,1-3H3,(H,25,28)(H,26,29)/t23-/m0/s1. The zero-order valence-electron chi connectivity index (χ0n) is 18.0. The van der Waals surface area contributed by atoms with Crippen LogP contribution in [0, 0.1) is 5.41 Å². The molecule has 1 atom stereocenters. The van der Waals surface area contributed by atoms with E-state index in [-0.39, 0.29) is 11.9 Å². The van der Waals surface area contributed by atoms with Crippen molar-refractivity contribution < 1.29 is 19.1 Å². The Kier molecular flexibility index (Phi) is 7.28. The summed E-state index contributed by atoms with van der Waals surface area (Å²) in [6.07, 6.45) is 1.45. The number of benzene rings is 2. The van der Waals surface area contributed by atoms with Crippen molar-refractivity contribution in [3.63, 3.8) is 0 Å². The van der Waals surface area contributed by atoms with Gasteiger partial charge in [-0.3, -0.25) is 4.79 Å². The fraction of sp³-hybridized carbons (Fsp3) is 0.391. The van der Waals surface area contributed by atoms with Crippen molar-refractivity contribution in [3.8, 4) is 11.5 Å². The van der Waals surface area contributed by atoms with Gasteiger partial charge in [0.1, 0.15) is 11.5 Å². The van der Waals surface area contributed by atoms with Gasteiger partial charge in [-0.2, -0.15) is 0 Å². The molecular weight excluding hydrogens is 418 g/mol. The van der Waals surface area contributed by atoms with Gasteiger partial charge in [-0.05, 0) is 55.7 Å². The fourth-order valence-electron chi connectivity index (χ4n) is 3.75. The van der Waals surface area contributed by atoms with Gasteiger partial charge in [-0.15, -0.1) is 0 Å². The number of hydrogen-bond donors (Lipinski definition) is 2. The second-order valence-corrected chi connectivity index (χ2v) is 8.33. The summed E-state index contributed by atoms with van der Waals surface area (Å²) < 4.78 is 10.5. The molecule has 0 unspecified atom stereocenters. The minimum atomic E-state index is -0.674. The van der Waals surface area contributed by atoms with E-state index in [9.17, 15) is 9.59 Å². The SMILES string of the molecule is COc1cccc(CNC(=O)[C@@]2(C)CCCN(C(=O)Nc3cc(Cl)ccc3OC)C2)c1. The summed E-state index contributed by atoms with van der Waals surface area (Å²) in [4.78, 5) is 27.5. The molecule has 1 fully saturated rings. The molecular formula is C23H28ClN3O4. The van der Waals surface area contributed by atoms with Gasteiger partial charge < -0.3 is 25.0 Å². The van der Waals surface area contributed by atoms with Crippen molar-refractivity contribution >= 4 is 29.2 Å². The minimum Gasteiger partial charge on any atom is -0.497 e. The third kappa shape index (κ3) is 5.61. The van der Waals surface area contributed by atoms with Crippen LogP contribution in [-0.4, -0.2) is 44.1 Å². The summed E-state index contributed by atoms with van der Waals surface area (Å²) in [6.45, 7) is 3.20. The van der Waals surface area contributed by atoms with E-state index in [0.717, 1.165) is 17.7 Å². The molecule has 2 N–H and O–H groups in total. The van der Waals surface area contributed by atoms with Crippen LogP contribution in [0.5, 0.6) is 11.5 Å². The molecule has 1 saturated heterocycles. The molecule has 0 saturated carbocycles.